The number of anilines is 1. The number of sulfonamides is 1. The third-order valence-corrected chi connectivity index (χ3v) is 7.62. The van der Waals surface area contributed by atoms with Crippen LogP contribution < -0.4 is 4.90 Å². The van der Waals surface area contributed by atoms with Crippen molar-refractivity contribution in [2.45, 2.75) is 17.7 Å². The maximum atomic E-state index is 13.4. The zero-order valence-corrected chi connectivity index (χ0v) is 18.3. The number of carbonyl (C=O) groups excluding carboxylic acids is 2. The van der Waals surface area contributed by atoms with Crippen molar-refractivity contribution in [1.29, 1.82) is 0 Å². The second kappa shape index (κ2) is 9.22. The molecule has 2 aliphatic rings. The van der Waals surface area contributed by atoms with E-state index < -0.39 is 15.8 Å². The second-order valence-corrected chi connectivity index (χ2v) is 9.68. The van der Waals surface area contributed by atoms with Crippen LogP contribution in [0.1, 0.15) is 12.0 Å². The number of hydrogen-bond acceptors (Lipinski definition) is 4. The van der Waals surface area contributed by atoms with Crippen LogP contribution in [0.2, 0.25) is 0 Å². The summed E-state index contributed by atoms with van der Waals surface area (Å²) in [6.07, 6.45) is 4.31. The third kappa shape index (κ3) is 4.58. The Hall–Kier alpha value is -3.04. The number of fused-ring (bicyclic) bond motifs is 1. The van der Waals surface area contributed by atoms with E-state index in [4.69, 9.17) is 0 Å². The minimum Gasteiger partial charge on any atom is -0.337 e. The number of para-hydroxylation sites is 1. The zero-order valence-electron chi connectivity index (χ0n) is 17.5. The molecule has 168 valence electrons. The highest BCUT2D eigenvalue weighted by atomic mass is 32.2. The number of halogens is 1. The quantitative estimate of drug-likeness (QED) is 0.660. The van der Waals surface area contributed by atoms with Crippen LogP contribution in [0.4, 0.5) is 10.1 Å². The number of carbonyl (C=O) groups is 2. The highest BCUT2D eigenvalue weighted by Crippen LogP contribution is 2.27. The normalized spacial score (nSPS) is 17.4. The molecule has 0 N–H and O–H groups in total. The lowest BCUT2D eigenvalue weighted by Crippen LogP contribution is -2.50. The summed E-state index contributed by atoms with van der Waals surface area (Å²) >= 11 is 0. The van der Waals surface area contributed by atoms with E-state index in [1.165, 1.54) is 39.6 Å². The van der Waals surface area contributed by atoms with Crippen molar-refractivity contribution >= 4 is 27.5 Å². The Balaban J connectivity index is 1.36. The molecule has 2 heterocycles. The fraction of sp³-hybridized carbons (Fsp3) is 0.304. The molecule has 4 rings (SSSR count). The van der Waals surface area contributed by atoms with E-state index in [9.17, 15) is 22.4 Å². The Morgan fingerprint density at radius 2 is 1.59 bits per heavy atom. The largest absolute Gasteiger partial charge is 0.337 e. The zero-order chi connectivity index (χ0) is 22.7. The van der Waals surface area contributed by atoms with E-state index >= 15 is 0 Å². The molecule has 7 nitrogen and oxygen atoms in total. The highest BCUT2D eigenvalue weighted by molar-refractivity contribution is 7.89. The Morgan fingerprint density at radius 1 is 0.875 bits per heavy atom. The topological polar surface area (TPSA) is 78.0 Å². The molecule has 0 saturated carbocycles. The van der Waals surface area contributed by atoms with Gasteiger partial charge in [0.25, 0.3) is 5.91 Å². The van der Waals surface area contributed by atoms with Gasteiger partial charge in [-0.1, -0.05) is 24.3 Å². The molecule has 0 aromatic heterocycles. The number of aryl methyl sites for hydroxylation is 1. The molecule has 9 heteroatoms. The third-order valence-electron chi connectivity index (χ3n) is 5.73. The van der Waals surface area contributed by atoms with Gasteiger partial charge >= 0.3 is 0 Å². The first-order valence-electron chi connectivity index (χ1n) is 10.5. The molecule has 2 aromatic rings. The first-order chi connectivity index (χ1) is 15.4. The number of hydrogen-bond donors (Lipinski definition) is 0. The van der Waals surface area contributed by atoms with E-state index in [1.54, 1.807) is 4.90 Å². The highest BCUT2D eigenvalue weighted by Gasteiger charge is 2.30. The number of amides is 2. The number of rotatable bonds is 4. The number of benzene rings is 2. The molecule has 0 unspecified atom stereocenters. The predicted octanol–water partition coefficient (Wildman–Crippen LogP) is 2.19. The Kier molecular flexibility index (Phi) is 6.38. The van der Waals surface area contributed by atoms with Crippen molar-refractivity contribution in [2.75, 3.05) is 37.6 Å². The van der Waals surface area contributed by atoms with E-state index in [2.05, 4.69) is 0 Å². The van der Waals surface area contributed by atoms with Crippen molar-refractivity contribution < 1.29 is 22.4 Å². The van der Waals surface area contributed by atoms with Crippen LogP contribution >= 0.6 is 0 Å². The molecular formula is C23H24FN3O4S. The van der Waals surface area contributed by atoms with Crippen LogP contribution in [0.5, 0.6) is 0 Å². The molecule has 0 radical (unpaired) electrons. The maximum Gasteiger partial charge on any atom is 0.251 e. The van der Waals surface area contributed by atoms with Crippen LogP contribution in [-0.4, -0.2) is 62.2 Å². The molecule has 2 aliphatic heterocycles. The van der Waals surface area contributed by atoms with Crippen molar-refractivity contribution in [3.63, 3.8) is 0 Å². The molecule has 0 bridgehead atoms. The van der Waals surface area contributed by atoms with Gasteiger partial charge in [0, 0.05) is 50.6 Å². The molecule has 0 atom stereocenters. The van der Waals surface area contributed by atoms with E-state index in [-0.39, 0.29) is 42.9 Å². The standard InChI is InChI=1S/C23H24FN3O4S/c24-19-7-3-8-20(17-19)32(30,31)26-15-13-25(14-16-26)22(28)10-11-23(29)27-12-4-6-18-5-1-2-9-21(18)27/h1-3,5,7-11,17H,4,6,12-16H2. The molecule has 0 aliphatic carbocycles. The van der Waals surface area contributed by atoms with Gasteiger partial charge in [0.2, 0.25) is 15.9 Å². The van der Waals surface area contributed by atoms with Crippen molar-refractivity contribution in [3.8, 4) is 0 Å². The fourth-order valence-corrected chi connectivity index (χ4v) is 5.48. The lowest BCUT2D eigenvalue weighted by molar-refractivity contribution is -0.127. The van der Waals surface area contributed by atoms with Gasteiger partial charge in [0.1, 0.15) is 5.82 Å². The van der Waals surface area contributed by atoms with Crippen LogP contribution in [0.25, 0.3) is 0 Å². The average Bonchev–Trinajstić information content (AvgIpc) is 2.82. The summed E-state index contributed by atoms with van der Waals surface area (Å²) in [6.45, 7) is 1.19. The SMILES string of the molecule is O=C(C=CC(=O)N1CCCc2ccccc21)N1CCN(S(=O)(=O)c2cccc(F)c2)CC1. The summed E-state index contributed by atoms with van der Waals surface area (Å²) < 4.78 is 40.1. The minimum atomic E-state index is -3.83. The lowest BCUT2D eigenvalue weighted by Gasteiger charge is -2.33. The van der Waals surface area contributed by atoms with Gasteiger partial charge < -0.3 is 9.80 Å². The summed E-state index contributed by atoms with van der Waals surface area (Å²) in [4.78, 5) is 28.3. The van der Waals surface area contributed by atoms with E-state index in [0.29, 0.717) is 6.54 Å². The summed E-state index contributed by atoms with van der Waals surface area (Å²) in [6, 6.07) is 12.6. The van der Waals surface area contributed by atoms with Gasteiger partial charge in [-0.3, -0.25) is 9.59 Å². The van der Waals surface area contributed by atoms with Gasteiger partial charge in [0.15, 0.2) is 0 Å². The predicted molar refractivity (Wildman–Crippen MR) is 118 cm³/mol. The van der Waals surface area contributed by atoms with E-state index in [0.717, 1.165) is 30.2 Å². The summed E-state index contributed by atoms with van der Waals surface area (Å²) in [5.41, 5.74) is 1.99. The van der Waals surface area contributed by atoms with E-state index in [1.807, 2.05) is 24.3 Å². The Morgan fingerprint density at radius 3 is 2.34 bits per heavy atom. The Labute approximate surface area is 186 Å². The first-order valence-corrected chi connectivity index (χ1v) is 11.9. The van der Waals surface area contributed by atoms with Crippen molar-refractivity contribution in [3.05, 3.63) is 72.1 Å². The number of nitrogens with zero attached hydrogens (tertiary/aromatic N) is 3. The molecular weight excluding hydrogens is 433 g/mol. The van der Waals surface area contributed by atoms with Gasteiger partial charge in [-0.25, -0.2) is 12.8 Å². The monoisotopic (exact) mass is 457 g/mol. The summed E-state index contributed by atoms with van der Waals surface area (Å²) in [5, 5.41) is 0. The lowest BCUT2D eigenvalue weighted by atomic mass is 10.0. The molecule has 1 fully saturated rings. The van der Waals surface area contributed by atoms with Crippen LogP contribution in [0.3, 0.4) is 0 Å². The summed E-state index contributed by atoms with van der Waals surface area (Å²) in [7, 11) is -3.83. The van der Waals surface area contributed by atoms with Crippen molar-refractivity contribution in [2.24, 2.45) is 0 Å². The second-order valence-electron chi connectivity index (χ2n) is 7.74. The summed E-state index contributed by atoms with van der Waals surface area (Å²) in [5.74, 6) is -1.21. The fourth-order valence-electron chi connectivity index (χ4n) is 4.03. The van der Waals surface area contributed by atoms with Gasteiger partial charge in [-0.05, 0) is 42.7 Å². The van der Waals surface area contributed by atoms with Gasteiger partial charge in [-0.2, -0.15) is 4.31 Å². The first kappa shape index (κ1) is 22.2. The molecule has 32 heavy (non-hydrogen) atoms. The smallest absolute Gasteiger partial charge is 0.251 e. The Bertz CT molecular complexity index is 1160. The maximum absolute atomic E-state index is 13.4. The number of piperazine rings is 1. The molecule has 1 saturated heterocycles. The average molecular weight is 458 g/mol. The van der Waals surface area contributed by atoms with Crippen LogP contribution in [0.15, 0.2) is 65.6 Å². The van der Waals surface area contributed by atoms with Gasteiger partial charge in [0.05, 0.1) is 4.90 Å². The van der Waals surface area contributed by atoms with Crippen LogP contribution in [0, 0.1) is 5.82 Å². The van der Waals surface area contributed by atoms with Gasteiger partial charge in [-0.15, -0.1) is 0 Å². The van der Waals surface area contributed by atoms with Crippen molar-refractivity contribution in [1.82, 2.24) is 9.21 Å². The molecule has 2 aromatic carbocycles. The minimum absolute atomic E-state index is 0.103. The molecule has 2 amide bonds. The van der Waals surface area contributed by atoms with Crippen LogP contribution in [-0.2, 0) is 26.0 Å². The molecule has 0 spiro atoms.